The van der Waals surface area contributed by atoms with E-state index in [4.69, 9.17) is 0 Å². The van der Waals surface area contributed by atoms with E-state index < -0.39 is 40.6 Å². The maximum atomic E-state index is 11.2. The fourth-order valence-electron chi connectivity index (χ4n) is 2.12. The van der Waals surface area contributed by atoms with Crippen LogP contribution in [0.15, 0.2) is 24.3 Å². The Hall–Kier alpha value is 3.13. The molecule has 0 fully saturated rings. The fourth-order valence-corrected chi connectivity index (χ4v) is 2.12. The third kappa shape index (κ3) is 7.99. The Kier molecular flexibility index (Phi) is 19.5. The van der Waals surface area contributed by atoms with Crippen molar-refractivity contribution in [3.05, 3.63) is 46.5 Å². The molecule has 0 radical (unpaired) electrons. The van der Waals surface area contributed by atoms with Crippen molar-refractivity contribution in [2.45, 2.75) is 0 Å². The van der Waals surface area contributed by atoms with Gasteiger partial charge in [-0.1, -0.05) is 12.1 Å². The summed E-state index contributed by atoms with van der Waals surface area (Å²) in [6.45, 7) is 0. The average Bonchev–Trinajstić information content (AvgIpc) is 2.43. The molecule has 12 heteroatoms. The molecule has 0 amide bonds. The summed E-state index contributed by atoms with van der Waals surface area (Å²) in [5.74, 6) is -7.52. The van der Waals surface area contributed by atoms with Crippen LogP contribution < -0.4 is 226 Å². The molecule has 0 aliphatic heterocycles. The Morgan fingerprint density at radius 1 is 0.615 bits per heavy atom. The van der Waals surface area contributed by atoms with Gasteiger partial charge in [-0.15, -0.1) is 0 Å². The summed E-state index contributed by atoms with van der Waals surface area (Å²) < 4.78 is 0. The zero-order chi connectivity index (χ0) is 16.6. The number of benzene rings is 2. The number of hydrogen-bond donors (Lipinski definition) is 0. The molecule has 0 N–H and O–H groups in total. The van der Waals surface area contributed by atoms with Crippen molar-refractivity contribution in [1.29, 1.82) is 0 Å². The zero-order valence-electron chi connectivity index (χ0n) is 14.6. The van der Waals surface area contributed by atoms with Gasteiger partial charge in [-0.05, 0) is 28.5 Å². The van der Waals surface area contributed by atoms with Crippen molar-refractivity contribution in [3.63, 3.8) is 0 Å². The molecule has 26 heavy (non-hydrogen) atoms. The van der Waals surface area contributed by atoms with Crippen molar-refractivity contribution in [2.24, 2.45) is 0 Å². The second kappa shape index (κ2) is 15.0. The van der Waals surface area contributed by atoms with Gasteiger partial charge in [0.05, 0.1) is 23.9 Å². The molecule has 0 bridgehead atoms. The SMILES string of the molecule is O=C([O-])c1ccc2c(C(=O)[O-])c(C(=O)[O-])c(C(=O)[O-])cc2c1.[K+].[K+].[K+].[K+]. The summed E-state index contributed by atoms with van der Waals surface area (Å²) in [5, 5.41) is 43.7. The van der Waals surface area contributed by atoms with E-state index in [1.54, 1.807) is 0 Å². The number of carboxylic acids is 4. The summed E-state index contributed by atoms with van der Waals surface area (Å²) in [4.78, 5) is 44.1. The molecule has 0 saturated carbocycles. The van der Waals surface area contributed by atoms with Gasteiger partial charge >= 0.3 is 206 Å². The van der Waals surface area contributed by atoms with Gasteiger partial charge in [0.15, 0.2) is 0 Å². The van der Waals surface area contributed by atoms with Crippen LogP contribution in [0.1, 0.15) is 41.4 Å². The van der Waals surface area contributed by atoms with E-state index in [1.165, 1.54) is 0 Å². The Bertz CT molecular complexity index is 866. The normalized spacial score (nSPS) is 8.77. The minimum atomic E-state index is -2.04. The van der Waals surface area contributed by atoms with Crippen molar-refractivity contribution in [2.75, 3.05) is 0 Å². The summed E-state index contributed by atoms with van der Waals surface area (Å²) in [5.41, 5.74) is -3.33. The topological polar surface area (TPSA) is 161 Å². The molecule has 0 aliphatic carbocycles. The van der Waals surface area contributed by atoms with Gasteiger partial charge in [0.25, 0.3) is 0 Å². The molecule has 0 aromatic heterocycles. The third-order valence-corrected chi connectivity index (χ3v) is 3.00. The predicted molar refractivity (Wildman–Crippen MR) is 61.3 cm³/mol. The van der Waals surface area contributed by atoms with Gasteiger partial charge in [0.1, 0.15) is 0 Å². The van der Waals surface area contributed by atoms with Crippen molar-refractivity contribution < 1.29 is 245 Å². The average molecular weight is 457 g/mol. The Balaban J connectivity index is -0.00000132. The molecular weight excluding hydrogens is 453 g/mol. The number of carboxylic acid groups (broad SMARTS) is 4. The predicted octanol–water partition coefficient (Wildman–Crippen LogP) is -15.7. The van der Waals surface area contributed by atoms with E-state index in [-0.39, 0.29) is 222 Å². The minimum Gasteiger partial charge on any atom is -0.545 e. The van der Waals surface area contributed by atoms with Crippen LogP contribution in [-0.2, 0) is 0 Å². The molecule has 0 atom stereocenters. The molecule has 2 aromatic rings. The first-order valence-electron chi connectivity index (χ1n) is 5.70. The molecule has 0 spiro atoms. The molecular formula is C14H4K4O8. The Morgan fingerprint density at radius 3 is 1.50 bits per heavy atom. The van der Waals surface area contributed by atoms with Crippen LogP contribution in [0, 0.1) is 0 Å². The fraction of sp³-hybridized carbons (Fsp3) is 0. The minimum absolute atomic E-state index is 0. The van der Waals surface area contributed by atoms with Gasteiger partial charge in [-0.2, -0.15) is 0 Å². The monoisotopic (exact) mass is 456 g/mol. The van der Waals surface area contributed by atoms with Gasteiger partial charge in [-0.25, -0.2) is 0 Å². The molecule has 0 saturated heterocycles. The van der Waals surface area contributed by atoms with E-state index in [2.05, 4.69) is 0 Å². The van der Waals surface area contributed by atoms with Crippen LogP contribution in [-0.4, -0.2) is 23.9 Å². The number of fused-ring (bicyclic) bond motifs is 1. The van der Waals surface area contributed by atoms with Gasteiger partial charge in [-0.3, -0.25) is 0 Å². The first-order chi connectivity index (χ1) is 10.2. The van der Waals surface area contributed by atoms with Crippen LogP contribution in [0.5, 0.6) is 0 Å². The number of carbonyl (C=O) groups is 4. The first kappa shape index (κ1) is 33.8. The largest absolute Gasteiger partial charge is 1.00 e. The second-order valence-corrected chi connectivity index (χ2v) is 4.26. The molecule has 0 aliphatic rings. The number of aromatic carboxylic acids is 4. The molecule has 0 unspecified atom stereocenters. The van der Waals surface area contributed by atoms with E-state index >= 15 is 0 Å². The van der Waals surface area contributed by atoms with Crippen molar-refractivity contribution in [1.82, 2.24) is 0 Å². The van der Waals surface area contributed by atoms with Crippen LogP contribution in [0.4, 0.5) is 0 Å². The van der Waals surface area contributed by atoms with E-state index in [9.17, 15) is 39.6 Å². The van der Waals surface area contributed by atoms with Gasteiger partial charge in [0.2, 0.25) is 0 Å². The summed E-state index contributed by atoms with van der Waals surface area (Å²) in [7, 11) is 0. The quantitative estimate of drug-likeness (QED) is 0.410. The first-order valence-corrected chi connectivity index (χ1v) is 5.70. The van der Waals surface area contributed by atoms with E-state index in [0.717, 1.165) is 24.3 Å². The Morgan fingerprint density at radius 2 is 1.12 bits per heavy atom. The maximum Gasteiger partial charge on any atom is 1.00 e. The van der Waals surface area contributed by atoms with Gasteiger partial charge < -0.3 is 39.6 Å². The Labute approximate surface area is 317 Å². The van der Waals surface area contributed by atoms with Crippen molar-refractivity contribution >= 4 is 34.6 Å². The second-order valence-electron chi connectivity index (χ2n) is 4.26. The number of hydrogen-bond acceptors (Lipinski definition) is 8. The van der Waals surface area contributed by atoms with Crippen LogP contribution >= 0.6 is 0 Å². The third-order valence-electron chi connectivity index (χ3n) is 3.00. The van der Waals surface area contributed by atoms with E-state index in [0.29, 0.717) is 0 Å². The molecule has 0 heterocycles. The number of carbonyl (C=O) groups excluding carboxylic acids is 4. The summed E-state index contributed by atoms with van der Waals surface area (Å²) in [6, 6.07) is 3.73. The van der Waals surface area contributed by atoms with Crippen LogP contribution in [0.25, 0.3) is 10.8 Å². The molecule has 112 valence electrons. The standard InChI is InChI=1S/C14H8O8.4K/c15-11(16)5-1-2-7-6(3-5)4-8(12(17)18)10(14(21)22)9(7)13(19)20;;;;/h1-4H,(H,15,16)(H,17,18)(H,19,20)(H,21,22);;;;/q;4*+1/p-4. The van der Waals surface area contributed by atoms with Gasteiger partial charge in [0, 0.05) is 16.7 Å². The summed E-state index contributed by atoms with van der Waals surface area (Å²) in [6.07, 6.45) is 0. The summed E-state index contributed by atoms with van der Waals surface area (Å²) >= 11 is 0. The van der Waals surface area contributed by atoms with Crippen LogP contribution in [0.2, 0.25) is 0 Å². The van der Waals surface area contributed by atoms with E-state index in [1.807, 2.05) is 0 Å². The number of rotatable bonds is 4. The maximum absolute atomic E-state index is 11.2. The van der Waals surface area contributed by atoms with Crippen molar-refractivity contribution in [3.8, 4) is 0 Å². The zero-order valence-corrected chi connectivity index (χ0v) is 27.1. The molecule has 8 nitrogen and oxygen atoms in total. The molecule has 2 aromatic carbocycles. The van der Waals surface area contributed by atoms with Crippen LogP contribution in [0.3, 0.4) is 0 Å². The smallest absolute Gasteiger partial charge is 0.545 e. The molecule has 2 rings (SSSR count).